The molecule has 6 heteroatoms. The molecular formula is C19H20N4OS. The Kier molecular flexibility index (Phi) is 5.50. The molecular weight excluding hydrogens is 332 g/mol. The van der Waals surface area contributed by atoms with Gasteiger partial charge in [-0.05, 0) is 24.6 Å². The predicted molar refractivity (Wildman–Crippen MR) is 99.7 cm³/mol. The molecule has 0 radical (unpaired) electrons. The number of hydrogen-bond donors (Lipinski definition) is 0. The van der Waals surface area contributed by atoms with Crippen LogP contribution in [0.4, 0.5) is 0 Å². The number of hydrogen-bond acceptors (Lipinski definition) is 4. The fraction of sp³-hybridized carbons (Fsp3) is 0.211. The highest BCUT2D eigenvalue weighted by Crippen LogP contribution is 2.22. The first-order valence-electron chi connectivity index (χ1n) is 8.05. The average molecular weight is 352 g/mol. The van der Waals surface area contributed by atoms with Crippen molar-refractivity contribution in [2.45, 2.75) is 18.1 Å². The van der Waals surface area contributed by atoms with E-state index in [1.165, 1.54) is 11.8 Å². The zero-order chi connectivity index (χ0) is 17.6. The van der Waals surface area contributed by atoms with E-state index in [0.29, 0.717) is 10.9 Å². The van der Waals surface area contributed by atoms with E-state index in [4.69, 9.17) is 0 Å². The largest absolute Gasteiger partial charge is 0.338 e. The Morgan fingerprint density at radius 3 is 2.44 bits per heavy atom. The number of amides is 1. The lowest BCUT2D eigenvalue weighted by atomic mass is 10.1. The molecule has 0 saturated heterocycles. The molecule has 0 saturated carbocycles. The number of carbonyl (C=O) groups is 1. The molecule has 1 heterocycles. The van der Waals surface area contributed by atoms with Crippen molar-refractivity contribution in [3.63, 3.8) is 0 Å². The van der Waals surface area contributed by atoms with E-state index in [9.17, 15) is 4.79 Å². The second kappa shape index (κ2) is 7.98. The van der Waals surface area contributed by atoms with Gasteiger partial charge in [0.15, 0.2) is 5.16 Å². The molecule has 1 amide bonds. The first-order valence-corrected chi connectivity index (χ1v) is 9.04. The number of carbonyl (C=O) groups excluding carboxylic acids is 1. The number of para-hydroxylation sites is 1. The summed E-state index contributed by atoms with van der Waals surface area (Å²) in [5, 5.41) is 8.81. The molecule has 3 aromatic rings. The molecule has 0 bridgehead atoms. The average Bonchev–Trinajstić information content (AvgIpc) is 3.15. The van der Waals surface area contributed by atoms with Crippen molar-refractivity contribution in [3.8, 4) is 5.69 Å². The van der Waals surface area contributed by atoms with Gasteiger partial charge >= 0.3 is 0 Å². The molecule has 0 aliphatic carbocycles. The van der Waals surface area contributed by atoms with E-state index in [-0.39, 0.29) is 11.9 Å². The predicted octanol–water partition coefficient (Wildman–Crippen LogP) is 3.58. The Morgan fingerprint density at radius 2 is 1.76 bits per heavy atom. The molecule has 0 aliphatic rings. The summed E-state index contributed by atoms with van der Waals surface area (Å²) in [5.74, 6) is 0.378. The Hall–Kier alpha value is -2.60. The van der Waals surface area contributed by atoms with Crippen LogP contribution in [0, 0.1) is 0 Å². The lowest BCUT2D eigenvalue weighted by molar-refractivity contribution is -0.128. The molecule has 128 valence electrons. The van der Waals surface area contributed by atoms with Crippen molar-refractivity contribution in [1.29, 1.82) is 0 Å². The van der Waals surface area contributed by atoms with Crippen molar-refractivity contribution >= 4 is 17.7 Å². The monoisotopic (exact) mass is 352 g/mol. The minimum atomic E-state index is 0.0290. The molecule has 1 aromatic heterocycles. The normalized spacial score (nSPS) is 11.9. The summed E-state index contributed by atoms with van der Waals surface area (Å²) in [6.45, 7) is 2.03. The number of aromatic nitrogens is 3. The van der Waals surface area contributed by atoms with Crippen LogP contribution in [0.3, 0.4) is 0 Å². The van der Waals surface area contributed by atoms with Gasteiger partial charge in [0.1, 0.15) is 6.33 Å². The number of thioether (sulfide) groups is 1. The van der Waals surface area contributed by atoms with Crippen LogP contribution in [0.1, 0.15) is 18.5 Å². The maximum absolute atomic E-state index is 12.5. The third-order valence-corrected chi connectivity index (χ3v) is 5.06. The quantitative estimate of drug-likeness (QED) is 0.636. The van der Waals surface area contributed by atoms with Crippen LogP contribution < -0.4 is 0 Å². The first-order chi connectivity index (χ1) is 12.2. The Labute approximate surface area is 151 Å². The lowest BCUT2D eigenvalue weighted by Gasteiger charge is -2.25. The summed E-state index contributed by atoms with van der Waals surface area (Å²) in [7, 11) is 1.84. The Balaban J connectivity index is 1.64. The zero-order valence-electron chi connectivity index (χ0n) is 14.2. The van der Waals surface area contributed by atoms with Crippen LogP contribution in [0.25, 0.3) is 5.69 Å². The molecule has 1 unspecified atom stereocenters. The van der Waals surface area contributed by atoms with Gasteiger partial charge in [0.2, 0.25) is 5.91 Å². The van der Waals surface area contributed by atoms with E-state index in [2.05, 4.69) is 10.2 Å². The van der Waals surface area contributed by atoms with Gasteiger partial charge in [0.25, 0.3) is 0 Å². The van der Waals surface area contributed by atoms with Crippen LogP contribution in [0.15, 0.2) is 72.1 Å². The Morgan fingerprint density at radius 1 is 1.12 bits per heavy atom. The van der Waals surface area contributed by atoms with Gasteiger partial charge in [-0.2, -0.15) is 0 Å². The lowest BCUT2D eigenvalue weighted by Crippen LogP contribution is -2.31. The molecule has 5 nitrogen and oxygen atoms in total. The SMILES string of the molecule is CC(c1ccccc1)N(C)C(=O)CSc1nncn1-c1ccccc1. The standard InChI is InChI=1S/C19H20N4OS/c1-15(16-9-5-3-6-10-16)22(2)18(24)13-25-19-21-20-14-23(19)17-11-7-4-8-12-17/h3-12,14-15H,13H2,1-2H3. The summed E-state index contributed by atoms with van der Waals surface area (Å²) in [6, 6.07) is 19.9. The summed E-state index contributed by atoms with van der Waals surface area (Å²) < 4.78 is 1.89. The maximum Gasteiger partial charge on any atom is 0.233 e. The highest BCUT2D eigenvalue weighted by molar-refractivity contribution is 7.99. The Bertz CT molecular complexity index is 820. The molecule has 0 spiro atoms. The van der Waals surface area contributed by atoms with Crippen molar-refractivity contribution < 1.29 is 4.79 Å². The van der Waals surface area contributed by atoms with Crippen molar-refractivity contribution in [2.75, 3.05) is 12.8 Å². The van der Waals surface area contributed by atoms with Crippen LogP contribution >= 0.6 is 11.8 Å². The summed E-state index contributed by atoms with van der Waals surface area (Å²) in [4.78, 5) is 14.3. The van der Waals surface area contributed by atoms with Crippen molar-refractivity contribution in [3.05, 3.63) is 72.6 Å². The van der Waals surface area contributed by atoms with E-state index in [0.717, 1.165) is 11.3 Å². The molecule has 25 heavy (non-hydrogen) atoms. The zero-order valence-corrected chi connectivity index (χ0v) is 15.1. The van der Waals surface area contributed by atoms with Crippen LogP contribution in [0.5, 0.6) is 0 Å². The molecule has 1 atom stereocenters. The smallest absolute Gasteiger partial charge is 0.233 e. The van der Waals surface area contributed by atoms with Gasteiger partial charge in [-0.25, -0.2) is 0 Å². The van der Waals surface area contributed by atoms with Crippen LogP contribution in [-0.4, -0.2) is 38.4 Å². The van der Waals surface area contributed by atoms with Gasteiger partial charge in [0, 0.05) is 12.7 Å². The fourth-order valence-corrected chi connectivity index (χ4v) is 3.34. The minimum absolute atomic E-state index is 0.0290. The van der Waals surface area contributed by atoms with Gasteiger partial charge in [-0.3, -0.25) is 9.36 Å². The van der Waals surface area contributed by atoms with E-state index < -0.39 is 0 Å². The van der Waals surface area contributed by atoms with Gasteiger partial charge in [-0.1, -0.05) is 60.3 Å². The topological polar surface area (TPSA) is 51.0 Å². The summed E-state index contributed by atoms with van der Waals surface area (Å²) in [5.41, 5.74) is 2.10. The molecule has 0 N–H and O–H groups in total. The van der Waals surface area contributed by atoms with Crippen molar-refractivity contribution in [1.82, 2.24) is 19.7 Å². The first kappa shape index (κ1) is 17.2. The van der Waals surface area contributed by atoms with E-state index in [1.807, 2.05) is 79.2 Å². The van der Waals surface area contributed by atoms with Crippen molar-refractivity contribution in [2.24, 2.45) is 0 Å². The second-order valence-electron chi connectivity index (χ2n) is 5.70. The third-order valence-electron chi connectivity index (χ3n) is 4.13. The fourth-order valence-electron chi connectivity index (χ4n) is 2.49. The summed E-state index contributed by atoms with van der Waals surface area (Å²) in [6.07, 6.45) is 1.67. The second-order valence-corrected chi connectivity index (χ2v) is 6.64. The van der Waals surface area contributed by atoms with Gasteiger partial charge < -0.3 is 4.90 Å². The number of benzene rings is 2. The number of nitrogens with zero attached hydrogens (tertiary/aromatic N) is 4. The number of rotatable bonds is 6. The summed E-state index contributed by atoms with van der Waals surface area (Å²) >= 11 is 1.40. The van der Waals surface area contributed by atoms with E-state index >= 15 is 0 Å². The highest BCUT2D eigenvalue weighted by atomic mass is 32.2. The molecule has 3 rings (SSSR count). The molecule has 0 aliphatic heterocycles. The highest BCUT2D eigenvalue weighted by Gasteiger charge is 2.18. The van der Waals surface area contributed by atoms with E-state index in [1.54, 1.807) is 11.2 Å². The van der Waals surface area contributed by atoms with Gasteiger partial charge in [-0.15, -0.1) is 10.2 Å². The minimum Gasteiger partial charge on any atom is -0.338 e. The van der Waals surface area contributed by atoms with Crippen LogP contribution in [0.2, 0.25) is 0 Å². The third kappa shape index (κ3) is 4.09. The van der Waals surface area contributed by atoms with Crippen LogP contribution in [-0.2, 0) is 4.79 Å². The molecule has 2 aromatic carbocycles. The van der Waals surface area contributed by atoms with Gasteiger partial charge in [0.05, 0.1) is 11.8 Å². The molecule has 0 fully saturated rings. The maximum atomic E-state index is 12.5.